The Morgan fingerprint density at radius 1 is 1.12 bits per heavy atom. The van der Waals surface area contributed by atoms with Gasteiger partial charge in [-0.15, -0.1) is 11.7 Å². The fourth-order valence-corrected chi connectivity index (χ4v) is 4.69. The lowest BCUT2D eigenvalue weighted by atomic mass is 10.1. The molecule has 1 aliphatic heterocycles. The number of hydrogen-bond donors (Lipinski definition) is 0. The maximum absolute atomic E-state index is 12.9. The lowest BCUT2D eigenvalue weighted by Gasteiger charge is -2.12. The molecule has 1 fully saturated rings. The number of thioether (sulfide) groups is 1. The van der Waals surface area contributed by atoms with Crippen LogP contribution in [0.1, 0.15) is 16.9 Å². The van der Waals surface area contributed by atoms with Gasteiger partial charge in [-0.3, -0.25) is 9.69 Å². The molecule has 2 aromatic carbocycles. The Morgan fingerprint density at radius 2 is 1.88 bits per heavy atom. The Morgan fingerprint density at radius 3 is 2.59 bits per heavy atom. The highest BCUT2D eigenvalue weighted by molar-refractivity contribution is 9.10. The van der Waals surface area contributed by atoms with Crippen LogP contribution < -0.4 is 0 Å². The van der Waals surface area contributed by atoms with E-state index in [1.165, 1.54) is 17.3 Å². The van der Waals surface area contributed by atoms with E-state index in [0.717, 1.165) is 21.4 Å². The fraction of sp³-hybridized carbons (Fsp3) is 0.160. The fourth-order valence-electron chi connectivity index (χ4n) is 3.28. The van der Waals surface area contributed by atoms with E-state index >= 15 is 0 Å². The first kappa shape index (κ1) is 22.3. The molecule has 2 heterocycles. The van der Waals surface area contributed by atoms with E-state index in [-0.39, 0.29) is 11.2 Å². The molecule has 1 aliphatic rings. The van der Waals surface area contributed by atoms with Crippen LogP contribution in [0.4, 0.5) is 0 Å². The first-order chi connectivity index (χ1) is 15.5. The molecule has 5 nitrogen and oxygen atoms in total. The number of rotatable bonds is 7. The van der Waals surface area contributed by atoms with Gasteiger partial charge < -0.3 is 4.42 Å². The van der Waals surface area contributed by atoms with Gasteiger partial charge in [0, 0.05) is 16.6 Å². The van der Waals surface area contributed by atoms with Gasteiger partial charge in [0.2, 0.25) is 5.91 Å². The zero-order valence-corrected chi connectivity index (χ0v) is 20.0. The lowest BCUT2D eigenvalue weighted by Crippen LogP contribution is -2.32. The summed E-state index contributed by atoms with van der Waals surface area (Å²) < 4.78 is 6.85. The number of hydrogen-bond acceptors (Lipinski definition) is 5. The third-order valence-electron chi connectivity index (χ3n) is 4.96. The summed E-state index contributed by atoms with van der Waals surface area (Å²) in [5.41, 5.74) is 3.30. The molecule has 0 saturated carbocycles. The smallest absolute Gasteiger partial charge is 0.242 e. The van der Waals surface area contributed by atoms with Gasteiger partial charge in [-0.25, -0.2) is 0 Å². The molecule has 32 heavy (non-hydrogen) atoms. The highest BCUT2D eigenvalue weighted by Gasteiger charge is 2.37. The number of halogens is 1. The topological polar surface area (TPSA) is 58.2 Å². The molecule has 4 rings (SSSR count). The number of furan rings is 1. The summed E-state index contributed by atoms with van der Waals surface area (Å²) in [6, 6.07) is 19.9. The Bertz CT molecular complexity index is 1170. The molecular formula is C25H22BrN3O2S. The summed E-state index contributed by atoms with van der Waals surface area (Å²) in [5.74, 6) is 1.37. The highest BCUT2D eigenvalue weighted by atomic mass is 79.9. The third kappa shape index (κ3) is 5.29. The first-order valence-corrected chi connectivity index (χ1v) is 11.8. The maximum atomic E-state index is 12.9. The average Bonchev–Trinajstić information content (AvgIpc) is 3.37. The van der Waals surface area contributed by atoms with Crippen LogP contribution in [0.25, 0.3) is 11.3 Å². The number of nitrogens with zero attached hydrogens (tertiary/aromatic N) is 3. The minimum Gasteiger partial charge on any atom is -0.455 e. The third-order valence-corrected chi connectivity index (χ3v) is 6.65. The van der Waals surface area contributed by atoms with Crippen LogP contribution in [-0.4, -0.2) is 34.0 Å². The quantitative estimate of drug-likeness (QED) is 0.221. The van der Waals surface area contributed by atoms with Crippen molar-refractivity contribution in [3.63, 3.8) is 0 Å². The van der Waals surface area contributed by atoms with Crippen molar-refractivity contribution in [2.45, 2.75) is 18.6 Å². The molecule has 162 valence electrons. The number of carbonyl (C=O) groups excluding carboxylic acids is 1. The van der Waals surface area contributed by atoms with Gasteiger partial charge in [-0.1, -0.05) is 75.7 Å². The molecule has 3 aromatic rings. The predicted octanol–water partition coefficient (Wildman–Crippen LogP) is 6.08. The summed E-state index contributed by atoms with van der Waals surface area (Å²) in [5, 5.41) is 8.84. The Kier molecular flexibility index (Phi) is 7.07. The number of amidine groups is 1. The summed E-state index contributed by atoms with van der Waals surface area (Å²) >= 11 is 4.87. The van der Waals surface area contributed by atoms with Gasteiger partial charge in [-0.2, -0.15) is 5.10 Å². The van der Waals surface area contributed by atoms with Crippen LogP contribution in [0, 0.1) is 6.92 Å². The number of carbonyl (C=O) groups is 1. The monoisotopic (exact) mass is 507 g/mol. The molecule has 0 N–H and O–H groups in total. The van der Waals surface area contributed by atoms with Crippen LogP contribution >= 0.6 is 27.7 Å². The van der Waals surface area contributed by atoms with E-state index < -0.39 is 0 Å². The Balaban J connectivity index is 1.47. The van der Waals surface area contributed by atoms with Gasteiger partial charge in [0.05, 0.1) is 11.5 Å². The normalized spacial score (nSPS) is 17.6. The van der Waals surface area contributed by atoms with E-state index in [9.17, 15) is 4.79 Å². The predicted molar refractivity (Wildman–Crippen MR) is 135 cm³/mol. The molecule has 0 spiro atoms. The van der Waals surface area contributed by atoms with Crippen LogP contribution in [0.3, 0.4) is 0 Å². The lowest BCUT2D eigenvalue weighted by molar-refractivity contribution is -0.125. The summed E-state index contributed by atoms with van der Waals surface area (Å²) in [4.78, 5) is 14.5. The van der Waals surface area contributed by atoms with E-state index in [1.54, 1.807) is 17.2 Å². The van der Waals surface area contributed by atoms with Crippen molar-refractivity contribution >= 4 is 45.0 Å². The molecule has 7 heteroatoms. The zero-order chi connectivity index (χ0) is 22.5. The van der Waals surface area contributed by atoms with Gasteiger partial charge >= 0.3 is 0 Å². The van der Waals surface area contributed by atoms with Crippen molar-refractivity contribution in [1.82, 2.24) is 4.90 Å². The van der Waals surface area contributed by atoms with Crippen molar-refractivity contribution in [1.29, 1.82) is 0 Å². The van der Waals surface area contributed by atoms with Crippen LogP contribution in [-0.2, 0) is 11.2 Å². The molecule has 0 bridgehead atoms. The molecule has 0 radical (unpaired) electrons. The van der Waals surface area contributed by atoms with Crippen molar-refractivity contribution in [2.24, 2.45) is 10.2 Å². The van der Waals surface area contributed by atoms with E-state index in [4.69, 9.17) is 4.42 Å². The minimum absolute atomic E-state index is 0.0277. The largest absolute Gasteiger partial charge is 0.455 e. The molecular weight excluding hydrogens is 486 g/mol. The van der Waals surface area contributed by atoms with Crippen molar-refractivity contribution < 1.29 is 9.21 Å². The van der Waals surface area contributed by atoms with Crippen LogP contribution in [0.15, 0.2) is 92.4 Å². The second-order valence-electron chi connectivity index (χ2n) is 7.37. The summed E-state index contributed by atoms with van der Waals surface area (Å²) in [6.07, 6.45) is 3.90. The van der Waals surface area contributed by atoms with E-state index in [0.29, 0.717) is 23.9 Å². The molecule has 1 atom stereocenters. The average molecular weight is 508 g/mol. The summed E-state index contributed by atoms with van der Waals surface area (Å²) in [6.45, 7) is 6.21. The standard InChI is InChI=1S/C25H22BrN3O2S/c1-3-14-29-24(30)23(15-18-6-4-17(2)5-7-18)32-25(29)28-27-16-21-12-13-22(31-21)19-8-10-20(26)11-9-19/h3-13,16,23H,1,14-15H2,2H3/b27-16-,28-25+/t23-/m0/s1. The van der Waals surface area contributed by atoms with E-state index in [2.05, 4.69) is 63.9 Å². The van der Waals surface area contributed by atoms with Gasteiger partial charge in [0.1, 0.15) is 11.5 Å². The SMILES string of the molecule is C=CCN1C(=O)[C@H](Cc2ccc(C)cc2)S/C1=N/N=C\c1ccc(-c2ccc(Br)cc2)o1. The van der Waals surface area contributed by atoms with Gasteiger partial charge in [-0.05, 0) is 43.2 Å². The molecule has 0 aliphatic carbocycles. The highest BCUT2D eigenvalue weighted by Crippen LogP contribution is 2.30. The first-order valence-electron chi connectivity index (χ1n) is 10.1. The maximum Gasteiger partial charge on any atom is 0.242 e. The van der Waals surface area contributed by atoms with Crippen molar-refractivity contribution in [3.05, 3.63) is 94.7 Å². The van der Waals surface area contributed by atoms with Crippen LogP contribution in [0.5, 0.6) is 0 Å². The zero-order valence-electron chi connectivity index (χ0n) is 17.6. The van der Waals surface area contributed by atoms with Crippen molar-refractivity contribution in [2.75, 3.05) is 6.54 Å². The van der Waals surface area contributed by atoms with Gasteiger partial charge in [0.25, 0.3) is 0 Å². The number of benzene rings is 2. The second-order valence-corrected chi connectivity index (χ2v) is 9.46. The molecule has 1 saturated heterocycles. The molecule has 1 aromatic heterocycles. The molecule has 1 amide bonds. The van der Waals surface area contributed by atoms with Gasteiger partial charge in [0.15, 0.2) is 5.17 Å². The Hall–Kier alpha value is -2.90. The van der Waals surface area contributed by atoms with Crippen LogP contribution in [0.2, 0.25) is 0 Å². The Labute approximate surface area is 200 Å². The minimum atomic E-state index is -0.223. The number of amides is 1. The second kappa shape index (κ2) is 10.1. The van der Waals surface area contributed by atoms with E-state index in [1.807, 2.05) is 36.4 Å². The van der Waals surface area contributed by atoms with Crippen molar-refractivity contribution in [3.8, 4) is 11.3 Å². The summed E-state index contributed by atoms with van der Waals surface area (Å²) in [7, 11) is 0. The molecule has 0 unspecified atom stereocenters. The number of aryl methyl sites for hydroxylation is 1.